The molecule has 0 saturated heterocycles. The van der Waals surface area contributed by atoms with Gasteiger partial charge in [0.2, 0.25) is 5.82 Å². The molecule has 0 unspecified atom stereocenters. The number of anilines is 1. The lowest BCUT2D eigenvalue weighted by Crippen LogP contribution is -2.22. The maximum atomic E-state index is 12.5. The first kappa shape index (κ1) is 18.2. The van der Waals surface area contributed by atoms with Crippen molar-refractivity contribution in [2.75, 3.05) is 11.9 Å². The van der Waals surface area contributed by atoms with Crippen molar-refractivity contribution >= 4 is 17.5 Å². The molecule has 1 heterocycles. The van der Waals surface area contributed by atoms with Crippen LogP contribution in [-0.2, 0) is 7.05 Å². The summed E-state index contributed by atoms with van der Waals surface area (Å²) in [6.07, 6.45) is 0. The molecule has 2 amide bonds. The third-order valence-electron chi connectivity index (χ3n) is 3.99. The summed E-state index contributed by atoms with van der Waals surface area (Å²) in [6, 6.07) is 12.1. The summed E-state index contributed by atoms with van der Waals surface area (Å²) in [5.74, 6) is 0.135. The smallest absolute Gasteiger partial charge is 0.255 e. The van der Waals surface area contributed by atoms with E-state index < -0.39 is 0 Å². The van der Waals surface area contributed by atoms with Crippen molar-refractivity contribution in [2.45, 2.75) is 13.8 Å². The van der Waals surface area contributed by atoms with Gasteiger partial charge in [-0.1, -0.05) is 12.1 Å². The van der Waals surface area contributed by atoms with E-state index in [9.17, 15) is 9.59 Å². The summed E-state index contributed by atoms with van der Waals surface area (Å²) < 4.78 is 0. The van der Waals surface area contributed by atoms with E-state index in [0.717, 1.165) is 11.1 Å². The maximum Gasteiger partial charge on any atom is 0.255 e. The zero-order valence-corrected chi connectivity index (χ0v) is 15.4. The molecular formula is C19H20N6O2. The number of carbonyl (C=O) groups is 2. The molecule has 0 aliphatic rings. The van der Waals surface area contributed by atoms with Gasteiger partial charge in [-0.3, -0.25) is 9.59 Å². The number of aryl methyl sites for hydroxylation is 2. The van der Waals surface area contributed by atoms with E-state index in [1.54, 1.807) is 49.5 Å². The lowest BCUT2D eigenvalue weighted by molar-refractivity contribution is 0.0955. The summed E-state index contributed by atoms with van der Waals surface area (Å²) >= 11 is 0. The Morgan fingerprint density at radius 1 is 1.04 bits per heavy atom. The molecule has 0 aliphatic heterocycles. The fourth-order valence-corrected chi connectivity index (χ4v) is 2.57. The SMILES string of the molecule is CCNC(=O)c1ccc(NC(=O)c2ccc(-c3nnn(C)n3)cc2)c(C)c1. The van der Waals surface area contributed by atoms with E-state index >= 15 is 0 Å². The van der Waals surface area contributed by atoms with Gasteiger partial charge < -0.3 is 10.6 Å². The lowest BCUT2D eigenvalue weighted by atomic mass is 10.1. The van der Waals surface area contributed by atoms with Crippen molar-refractivity contribution in [2.24, 2.45) is 7.05 Å². The third-order valence-corrected chi connectivity index (χ3v) is 3.99. The molecule has 0 radical (unpaired) electrons. The Hall–Kier alpha value is -3.55. The quantitative estimate of drug-likeness (QED) is 0.722. The van der Waals surface area contributed by atoms with Crippen LogP contribution in [0.3, 0.4) is 0 Å². The fraction of sp³-hybridized carbons (Fsp3) is 0.211. The normalized spacial score (nSPS) is 10.5. The summed E-state index contributed by atoms with van der Waals surface area (Å²) in [7, 11) is 1.69. The highest BCUT2D eigenvalue weighted by atomic mass is 16.2. The zero-order valence-electron chi connectivity index (χ0n) is 15.4. The molecule has 0 aliphatic carbocycles. The minimum absolute atomic E-state index is 0.133. The summed E-state index contributed by atoms with van der Waals surface area (Å²) in [5, 5.41) is 17.5. The van der Waals surface area contributed by atoms with Crippen LogP contribution in [0.1, 0.15) is 33.2 Å². The predicted molar refractivity (Wildman–Crippen MR) is 101 cm³/mol. The van der Waals surface area contributed by atoms with Crippen LogP contribution in [0.2, 0.25) is 0 Å². The van der Waals surface area contributed by atoms with Crippen molar-refractivity contribution in [1.82, 2.24) is 25.5 Å². The second-order valence-electron chi connectivity index (χ2n) is 6.02. The Morgan fingerprint density at radius 2 is 1.74 bits per heavy atom. The predicted octanol–water partition coefficient (Wildman–Crippen LogP) is 2.19. The average Bonchev–Trinajstić information content (AvgIpc) is 3.10. The van der Waals surface area contributed by atoms with Crippen LogP contribution in [0.4, 0.5) is 5.69 Å². The molecule has 8 heteroatoms. The highest BCUT2D eigenvalue weighted by Crippen LogP contribution is 2.19. The number of nitrogens with one attached hydrogen (secondary N) is 2. The second-order valence-corrected chi connectivity index (χ2v) is 6.02. The van der Waals surface area contributed by atoms with Gasteiger partial charge in [0.15, 0.2) is 0 Å². The molecule has 0 atom stereocenters. The Kier molecular flexibility index (Phi) is 5.25. The number of benzene rings is 2. The minimum Gasteiger partial charge on any atom is -0.352 e. The maximum absolute atomic E-state index is 12.5. The molecule has 0 fully saturated rings. The largest absolute Gasteiger partial charge is 0.352 e. The van der Waals surface area contributed by atoms with Crippen molar-refractivity contribution in [3.8, 4) is 11.4 Å². The van der Waals surface area contributed by atoms with E-state index in [-0.39, 0.29) is 11.8 Å². The van der Waals surface area contributed by atoms with Gasteiger partial charge in [0.1, 0.15) is 0 Å². The van der Waals surface area contributed by atoms with E-state index in [1.165, 1.54) is 4.80 Å². The van der Waals surface area contributed by atoms with E-state index in [0.29, 0.717) is 29.2 Å². The van der Waals surface area contributed by atoms with Crippen LogP contribution in [-0.4, -0.2) is 38.6 Å². The molecule has 138 valence electrons. The zero-order chi connectivity index (χ0) is 19.4. The number of tetrazole rings is 1. The van der Waals surface area contributed by atoms with Gasteiger partial charge in [0.05, 0.1) is 7.05 Å². The molecule has 0 spiro atoms. The van der Waals surface area contributed by atoms with E-state index in [4.69, 9.17) is 0 Å². The standard InChI is InChI=1S/C19H20N6O2/c1-4-20-18(26)15-9-10-16(12(2)11-15)21-19(27)14-7-5-13(6-8-14)17-22-24-25(3)23-17/h5-11H,4H2,1-3H3,(H,20,26)(H,21,27). The molecule has 3 rings (SSSR count). The number of carbonyl (C=O) groups excluding carboxylic acids is 2. The Balaban J connectivity index is 1.72. The second kappa shape index (κ2) is 7.77. The minimum atomic E-state index is -0.234. The molecule has 2 aromatic carbocycles. The van der Waals surface area contributed by atoms with Crippen LogP contribution < -0.4 is 10.6 Å². The number of hydrogen-bond acceptors (Lipinski definition) is 5. The van der Waals surface area contributed by atoms with Crippen LogP contribution >= 0.6 is 0 Å². The fourth-order valence-electron chi connectivity index (χ4n) is 2.57. The van der Waals surface area contributed by atoms with Crippen molar-refractivity contribution in [1.29, 1.82) is 0 Å². The first-order valence-electron chi connectivity index (χ1n) is 8.52. The molecule has 1 aromatic heterocycles. The number of hydrogen-bond donors (Lipinski definition) is 2. The molecule has 2 N–H and O–H groups in total. The van der Waals surface area contributed by atoms with Crippen LogP contribution in [0.5, 0.6) is 0 Å². The number of aromatic nitrogens is 4. The van der Waals surface area contributed by atoms with E-state index in [1.807, 2.05) is 13.8 Å². The Bertz CT molecular complexity index is 978. The van der Waals surface area contributed by atoms with Crippen molar-refractivity contribution in [3.05, 3.63) is 59.2 Å². The summed E-state index contributed by atoms with van der Waals surface area (Å²) in [6.45, 7) is 4.28. The van der Waals surface area contributed by atoms with Crippen LogP contribution in [0.15, 0.2) is 42.5 Å². The monoisotopic (exact) mass is 364 g/mol. The van der Waals surface area contributed by atoms with Gasteiger partial charge in [0.25, 0.3) is 11.8 Å². The number of rotatable bonds is 5. The Morgan fingerprint density at radius 3 is 2.33 bits per heavy atom. The van der Waals surface area contributed by atoms with Gasteiger partial charge >= 0.3 is 0 Å². The molecule has 0 bridgehead atoms. The average molecular weight is 364 g/mol. The van der Waals surface area contributed by atoms with Crippen LogP contribution in [0.25, 0.3) is 11.4 Å². The van der Waals surface area contributed by atoms with Crippen molar-refractivity contribution in [3.63, 3.8) is 0 Å². The number of amides is 2. The van der Waals surface area contributed by atoms with Crippen molar-refractivity contribution < 1.29 is 9.59 Å². The van der Waals surface area contributed by atoms with Gasteiger partial charge in [-0.25, -0.2) is 0 Å². The third kappa shape index (κ3) is 4.17. The summed E-state index contributed by atoms with van der Waals surface area (Å²) in [4.78, 5) is 25.8. The first-order valence-corrected chi connectivity index (χ1v) is 8.52. The molecular weight excluding hydrogens is 344 g/mol. The summed E-state index contributed by atoms with van der Waals surface area (Å²) in [5.41, 5.74) is 3.32. The van der Waals surface area contributed by atoms with Gasteiger partial charge in [-0.2, -0.15) is 4.80 Å². The van der Waals surface area contributed by atoms with Gasteiger partial charge in [-0.15, -0.1) is 10.2 Å². The molecule has 8 nitrogen and oxygen atoms in total. The van der Waals surface area contributed by atoms with Crippen LogP contribution in [0, 0.1) is 6.92 Å². The highest BCUT2D eigenvalue weighted by Gasteiger charge is 2.11. The first-order chi connectivity index (χ1) is 13.0. The van der Waals surface area contributed by atoms with E-state index in [2.05, 4.69) is 26.0 Å². The molecule has 3 aromatic rings. The Labute approximate surface area is 156 Å². The van der Waals surface area contributed by atoms with Gasteiger partial charge in [-0.05, 0) is 55.0 Å². The lowest BCUT2D eigenvalue weighted by Gasteiger charge is -2.10. The molecule has 27 heavy (non-hydrogen) atoms. The number of nitrogens with zero attached hydrogens (tertiary/aromatic N) is 4. The molecule has 0 saturated carbocycles. The van der Waals surface area contributed by atoms with Gasteiger partial charge in [0, 0.05) is 28.9 Å². The highest BCUT2D eigenvalue weighted by molar-refractivity contribution is 6.05. The topological polar surface area (TPSA) is 102 Å².